The van der Waals surface area contributed by atoms with Gasteiger partial charge in [-0.3, -0.25) is 0 Å². The summed E-state index contributed by atoms with van der Waals surface area (Å²) in [5, 5.41) is 6.05. The van der Waals surface area contributed by atoms with E-state index in [1.165, 1.54) is 41.1 Å². The molecule has 0 bridgehead atoms. The van der Waals surface area contributed by atoms with Gasteiger partial charge in [-0.25, -0.2) is 14.2 Å². The van der Waals surface area contributed by atoms with Crippen LogP contribution in [0.25, 0.3) is 10.9 Å². The number of amides is 2. The zero-order chi connectivity index (χ0) is 21.3. The largest absolute Gasteiger partial charge is 0.384 e. The van der Waals surface area contributed by atoms with Crippen molar-refractivity contribution in [3.8, 4) is 0 Å². The zero-order valence-electron chi connectivity index (χ0n) is 16.7. The smallest absolute Gasteiger partial charge is 0.323 e. The number of pyridine rings is 1. The quantitative estimate of drug-likeness (QED) is 0.491. The number of aromatic nitrogens is 2. The van der Waals surface area contributed by atoms with Gasteiger partial charge in [0.25, 0.3) is 0 Å². The molecule has 4 N–H and O–H groups in total. The molecule has 0 radical (unpaired) electrons. The second-order valence-corrected chi connectivity index (χ2v) is 6.09. The summed E-state index contributed by atoms with van der Waals surface area (Å²) < 4.78 is 31.7. The van der Waals surface area contributed by atoms with Gasteiger partial charge in [0, 0.05) is 30.0 Å². The molecule has 28 heavy (non-hydrogen) atoms. The zero-order valence-corrected chi connectivity index (χ0v) is 14.7. The van der Waals surface area contributed by atoms with Crippen molar-refractivity contribution < 1.29 is 11.9 Å². The number of halogens is 1. The molecular weight excluding hydrogens is 357 g/mol. The first-order valence-electron chi connectivity index (χ1n) is 9.51. The van der Waals surface area contributed by atoms with Crippen molar-refractivity contribution in [2.75, 3.05) is 16.4 Å². The molecule has 4 aromatic rings. The van der Waals surface area contributed by atoms with Crippen molar-refractivity contribution in [2.45, 2.75) is 6.50 Å². The van der Waals surface area contributed by atoms with Gasteiger partial charge in [-0.1, -0.05) is 6.07 Å². The molecule has 6 nitrogen and oxygen atoms in total. The van der Waals surface area contributed by atoms with Crippen LogP contribution in [0.15, 0.2) is 73.1 Å². The van der Waals surface area contributed by atoms with Gasteiger partial charge in [0.05, 0.1) is 13.9 Å². The third kappa shape index (κ3) is 3.78. The number of nitrogen functional groups attached to an aromatic ring is 1. The molecule has 0 aliphatic heterocycles. The number of fused-ring (bicyclic) bond motifs is 1. The molecule has 0 atom stereocenters. The van der Waals surface area contributed by atoms with E-state index in [2.05, 4.69) is 15.6 Å². The summed E-state index contributed by atoms with van der Waals surface area (Å²) in [6, 6.07) is 14.9. The van der Waals surface area contributed by atoms with Crippen LogP contribution in [0, 0.1) is 5.82 Å². The van der Waals surface area contributed by atoms with Crippen molar-refractivity contribution in [2.24, 2.45) is 0 Å². The molecule has 4 rings (SSSR count). The maximum atomic E-state index is 13.0. The van der Waals surface area contributed by atoms with Gasteiger partial charge < -0.3 is 20.9 Å². The fraction of sp³-hybridized carbons (Fsp3) is 0.0476. The van der Waals surface area contributed by atoms with Crippen molar-refractivity contribution in [1.29, 1.82) is 0 Å². The Labute approximate surface area is 163 Å². The summed E-state index contributed by atoms with van der Waals surface area (Å²) in [6.07, 6.45) is 3.07. The van der Waals surface area contributed by atoms with Crippen LogP contribution < -0.4 is 16.4 Å². The van der Waals surface area contributed by atoms with Crippen LogP contribution in [0.5, 0.6) is 0 Å². The SMILES string of the molecule is [2H]C([2H])(c1ccnc(N)c1)n1ccc2c(NC(=O)Nc3ccc(F)cc3)cccc21. The van der Waals surface area contributed by atoms with E-state index in [0.29, 0.717) is 27.8 Å². The molecule has 0 aliphatic rings. The number of nitrogens with two attached hydrogens (primary N) is 1. The highest BCUT2D eigenvalue weighted by Gasteiger charge is 2.09. The number of rotatable bonds is 4. The molecule has 2 aromatic carbocycles. The Hall–Kier alpha value is -3.87. The monoisotopic (exact) mass is 377 g/mol. The van der Waals surface area contributed by atoms with E-state index in [4.69, 9.17) is 8.48 Å². The lowest BCUT2D eigenvalue weighted by Gasteiger charge is -2.10. The Bertz CT molecular complexity index is 1220. The van der Waals surface area contributed by atoms with Crippen molar-refractivity contribution in [3.05, 3.63) is 84.4 Å². The molecule has 0 spiro atoms. The summed E-state index contributed by atoms with van der Waals surface area (Å²) >= 11 is 0. The van der Waals surface area contributed by atoms with Crippen LogP contribution in [0.2, 0.25) is 0 Å². The number of carbonyl (C=O) groups excluding carboxylic acids is 1. The predicted molar refractivity (Wildman–Crippen MR) is 109 cm³/mol. The van der Waals surface area contributed by atoms with E-state index in [1.807, 2.05) is 0 Å². The minimum atomic E-state index is -1.88. The molecule has 0 fully saturated rings. The first-order chi connectivity index (χ1) is 14.3. The lowest BCUT2D eigenvalue weighted by molar-refractivity contribution is 0.262. The Kier molecular flexibility index (Phi) is 4.02. The van der Waals surface area contributed by atoms with Gasteiger partial charge in [-0.2, -0.15) is 0 Å². The number of hydrogen-bond acceptors (Lipinski definition) is 3. The molecule has 0 aliphatic carbocycles. The lowest BCUT2D eigenvalue weighted by Crippen LogP contribution is -2.19. The second kappa shape index (κ2) is 7.40. The highest BCUT2D eigenvalue weighted by Crippen LogP contribution is 2.25. The highest BCUT2D eigenvalue weighted by molar-refractivity contribution is 6.05. The van der Waals surface area contributed by atoms with Gasteiger partial charge in [0.1, 0.15) is 11.6 Å². The van der Waals surface area contributed by atoms with Crippen molar-refractivity contribution in [1.82, 2.24) is 9.55 Å². The van der Waals surface area contributed by atoms with E-state index in [-0.39, 0.29) is 5.82 Å². The molecule has 0 unspecified atom stereocenters. The summed E-state index contributed by atoms with van der Waals surface area (Å²) in [4.78, 5) is 16.3. The van der Waals surface area contributed by atoms with E-state index in [1.54, 1.807) is 36.5 Å². The number of nitrogens with zero attached hydrogens (tertiary/aromatic N) is 2. The highest BCUT2D eigenvalue weighted by atomic mass is 19.1. The van der Waals surface area contributed by atoms with Crippen LogP contribution in [-0.2, 0) is 6.50 Å². The molecule has 140 valence electrons. The molecular formula is C21H18FN5O. The fourth-order valence-electron chi connectivity index (χ4n) is 2.85. The van der Waals surface area contributed by atoms with Gasteiger partial charge in [-0.05, 0) is 60.2 Å². The van der Waals surface area contributed by atoms with Gasteiger partial charge in [-0.15, -0.1) is 0 Å². The second-order valence-electron chi connectivity index (χ2n) is 6.09. The molecule has 2 heterocycles. The van der Waals surface area contributed by atoms with E-state index in [0.717, 1.165) is 0 Å². The number of hydrogen-bond donors (Lipinski definition) is 3. The first kappa shape index (κ1) is 15.2. The van der Waals surface area contributed by atoms with Gasteiger partial charge in [0.2, 0.25) is 0 Å². The third-order valence-corrected chi connectivity index (χ3v) is 4.11. The van der Waals surface area contributed by atoms with Gasteiger partial charge >= 0.3 is 6.03 Å². The Morgan fingerprint density at radius 2 is 1.96 bits per heavy atom. The van der Waals surface area contributed by atoms with Crippen LogP contribution in [0.3, 0.4) is 0 Å². The van der Waals surface area contributed by atoms with Gasteiger partial charge in [0.15, 0.2) is 0 Å². The van der Waals surface area contributed by atoms with E-state index >= 15 is 0 Å². The predicted octanol–water partition coefficient (Wildman–Crippen LogP) is 4.45. The topological polar surface area (TPSA) is 85.0 Å². The maximum Gasteiger partial charge on any atom is 0.323 e. The Balaban J connectivity index is 1.63. The molecule has 2 amide bonds. The Morgan fingerprint density at radius 3 is 2.75 bits per heavy atom. The normalized spacial score (nSPS) is 12.3. The molecule has 0 saturated heterocycles. The minimum absolute atomic E-state index is 0.229. The number of nitrogens with one attached hydrogen (secondary N) is 2. The number of carbonyl (C=O) groups is 1. The summed E-state index contributed by atoms with van der Waals surface area (Å²) in [7, 11) is 0. The number of benzene rings is 2. The fourth-order valence-corrected chi connectivity index (χ4v) is 2.85. The van der Waals surface area contributed by atoms with Crippen LogP contribution in [0.1, 0.15) is 8.30 Å². The Morgan fingerprint density at radius 1 is 1.14 bits per heavy atom. The standard InChI is InChI=1S/C21H18FN5O/c22-15-4-6-16(7-5-15)25-21(28)26-18-2-1-3-19-17(18)9-11-27(19)13-14-8-10-24-20(23)12-14/h1-12H,13H2,(H2,23,24)(H2,25,26,28)/i13D2. The first-order valence-corrected chi connectivity index (χ1v) is 8.51. The molecule has 0 saturated carbocycles. The van der Waals surface area contributed by atoms with Crippen LogP contribution in [-0.4, -0.2) is 15.6 Å². The average Bonchev–Trinajstić information content (AvgIpc) is 3.16. The summed E-state index contributed by atoms with van der Waals surface area (Å²) in [5.74, 6) is -0.162. The van der Waals surface area contributed by atoms with Crippen LogP contribution in [0.4, 0.5) is 26.4 Å². The maximum absolute atomic E-state index is 13.0. The van der Waals surface area contributed by atoms with Crippen molar-refractivity contribution in [3.63, 3.8) is 0 Å². The van der Waals surface area contributed by atoms with E-state index in [9.17, 15) is 9.18 Å². The molecule has 7 heteroatoms. The van der Waals surface area contributed by atoms with E-state index < -0.39 is 18.3 Å². The van der Waals surface area contributed by atoms with Crippen LogP contribution >= 0.6 is 0 Å². The summed E-state index contributed by atoms with van der Waals surface area (Å²) in [5.41, 5.74) is 7.62. The number of urea groups is 1. The average molecular weight is 377 g/mol. The van der Waals surface area contributed by atoms with Crippen molar-refractivity contribution >= 4 is 34.1 Å². The third-order valence-electron chi connectivity index (χ3n) is 4.11. The summed E-state index contributed by atoms with van der Waals surface area (Å²) in [6.45, 7) is -1.88. The number of anilines is 3. The minimum Gasteiger partial charge on any atom is -0.384 e. The molecule has 2 aromatic heterocycles. The lowest BCUT2D eigenvalue weighted by atomic mass is 10.2.